The Bertz CT molecular complexity index is 293. The summed E-state index contributed by atoms with van der Waals surface area (Å²) in [5, 5.41) is 8.64. The predicted molar refractivity (Wildman–Crippen MR) is 79.9 cm³/mol. The summed E-state index contributed by atoms with van der Waals surface area (Å²) in [5.74, 6) is -0.880. The van der Waals surface area contributed by atoms with E-state index in [1.165, 1.54) is 4.90 Å². The van der Waals surface area contributed by atoms with E-state index in [4.69, 9.17) is 5.11 Å². The molecule has 0 aromatic rings. The Balaban J connectivity index is 4.16. The van der Waals surface area contributed by atoms with Gasteiger partial charge in [0.1, 0.15) is 0 Å². The summed E-state index contributed by atoms with van der Waals surface area (Å²) in [4.78, 5) is 28.2. The molecule has 0 aliphatic rings. The van der Waals surface area contributed by atoms with Crippen LogP contribution in [0, 0.1) is 0 Å². The highest BCUT2D eigenvalue weighted by molar-refractivity contribution is 5.75. The highest BCUT2D eigenvalue weighted by Gasteiger charge is 2.16. The average molecular weight is 287 g/mol. The third kappa shape index (κ3) is 7.33. The van der Waals surface area contributed by atoms with Crippen LogP contribution in [0.25, 0.3) is 0 Å². The molecule has 0 aromatic heterocycles. The first-order valence-corrected chi connectivity index (χ1v) is 7.40. The maximum absolute atomic E-state index is 12.1. The number of carboxylic acid groups (broad SMARTS) is 1. The van der Waals surface area contributed by atoms with Crippen molar-refractivity contribution in [3.63, 3.8) is 0 Å². The van der Waals surface area contributed by atoms with E-state index < -0.39 is 5.97 Å². The Labute approximate surface area is 122 Å². The normalized spacial score (nSPS) is 10.7. The molecule has 118 valence electrons. The van der Waals surface area contributed by atoms with Crippen molar-refractivity contribution in [2.24, 2.45) is 0 Å². The van der Waals surface area contributed by atoms with Crippen LogP contribution < -0.4 is 0 Å². The monoisotopic (exact) mass is 287 g/mol. The van der Waals surface area contributed by atoms with Crippen LogP contribution >= 0.6 is 0 Å². The zero-order valence-electron chi connectivity index (χ0n) is 13.3. The number of urea groups is 1. The lowest BCUT2D eigenvalue weighted by molar-refractivity contribution is -0.137. The van der Waals surface area contributed by atoms with E-state index in [0.717, 1.165) is 26.1 Å². The molecular weight excluding hydrogens is 258 g/mol. The summed E-state index contributed by atoms with van der Waals surface area (Å²) in [6, 6.07) is -0.0895. The van der Waals surface area contributed by atoms with Crippen LogP contribution in [-0.2, 0) is 4.79 Å². The molecule has 0 saturated heterocycles. The largest absolute Gasteiger partial charge is 0.481 e. The van der Waals surface area contributed by atoms with E-state index in [9.17, 15) is 9.59 Å². The lowest BCUT2D eigenvalue weighted by Crippen LogP contribution is -2.43. The van der Waals surface area contributed by atoms with Gasteiger partial charge in [-0.3, -0.25) is 4.79 Å². The minimum absolute atomic E-state index is 0.0146. The van der Waals surface area contributed by atoms with Gasteiger partial charge in [-0.05, 0) is 33.0 Å². The molecule has 0 saturated carbocycles. The Morgan fingerprint density at radius 1 is 0.950 bits per heavy atom. The van der Waals surface area contributed by atoms with Crippen LogP contribution in [0.4, 0.5) is 4.79 Å². The first-order chi connectivity index (χ1) is 9.46. The average Bonchev–Trinajstić information content (AvgIpc) is 2.44. The maximum atomic E-state index is 12.1. The van der Waals surface area contributed by atoms with Gasteiger partial charge in [-0.15, -0.1) is 0 Å². The van der Waals surface area contributed by atoms with Gasteiger partial charge >= 0.3 is 12.0 Å². The summed E-state index contributed by atoms with van der Waals surface area (Å²) >= 11 is 0. The van der Waals surface area contributed by atoms with Gasteiger partial charge in [0.15, 0.2) is 0 Å². The lowest BCUT2D eigenvalue weighted by Gasteiger charge is -2.28. The first kappa shape index (κ1) is 18.7. The number of amides is 2. The lowest BCUT2D eigenvalue weighted by atomic mass is 10.3. The number of aliphatic carboxylic acids is 1. The van der Waals surface area contributed by atoms with E-state index in [0.29, 0.717) is 13.1 Å². The summed E-state index contributed by atoms with van der Waals surface area (Å²) in [6.07, 6.45) is 0.924. The van der Waals surface area contributed by atoms with Crippen molar-refractivity contribution in [2.75, 3.05) is 46.3 Å². The summed E-state index contributed by atoms with van der Waals surface area (Å²) in [7, 11) is 1.65. The first-order valence-electron chi connectivity index (χ1n) is 7.40. The van der Waals surface area contributed by atoms with Gasteiger partial charge in [-0.25, -0.2) is 4.79 Å². The topological polar surface area (TPSA) is 64.1 Å². The second kappa shape index (κ2) is 10.5. The van der Waals surface area contributed by atoms with Crippen molar-refractivity contribution in [3.05, 3.63) is 0 Å². The standard InChI is InChI=1S/C14H29N3O3/c1-5-16(6-2)10-8-11-17(7-3)14(20)15(4)12-9-13(18)19/h5-12H2,1-4H3,(H,18,19). The highest BCUT2D eigenvalue weighted by Crippen LogP contribution is 2.01. The highest BCUT2D eigenvalue weighted by atomic mass is 16.4. The Hall–Kier alpha value is -1.30. The number of hydrogen-bond donors (Lipinski definition) is 1. The predicted octanol–water partition coefficient (Wildman–Crippen LogP) is 1.57. The molecule has 0 bridgehead atoms. The maximum Gasteiger partial charge on any atom is 0.319 e. The van der Waals surface area contributed by atoms with Gasteiger partial charge in [0.25, 0.3) is 0 Å². The van der Waals surface area contributed by atoms with Crippen LogP contribution in [0.2, 0.25) is 0 Å². The molecular formula is C14H29N3O3. The van der Waals surface area contributed by atoms with E-state index in [2.05, 4.69) is 18.7 Å². The smallest absolute Gasteiger partial charge is 0.319 e. The van der Waals surface area contributed by atoms with Gasteiger partial charge in [0.05, 0.1) is 6.42 Å². The van der Waals surface area contributed by atoms with Crippen molar-refractivity contribution in [3.8, 4) is 0 Å². The molecule has 0 heterocycles. The van der Waals surface area contributed by atoms with Gasteiger partial charge in [-0.2, -0.15) is 0 Å². The molecule has 0 atom stereocenters. The Morgan fingerprint density at radius 2 is 1.55 bits per heavy atom. The third-order valence-electron chi connectivity index (χ3n) is 3.44. The molecule has 6 nitrogen and oxygen atoms in total. The van der Waals surface area contributed by atoms with Crippen LogP contribution in [0.3, 0.4) is 0 Å². The number of nitrogens with zero attached hydrogens (tertiary/aromatic N) is 3. The second-order valence-electron chi connectivity index (χ2n) is 4.81. The number of rotatable bonds is 10. The molecule has 0 aliphatic carbocycles. The summed E-state index contributed by atoms with van der Waals surface area (Å²) < 4.78 is 0. The SMILES string of the molecule is CCN(CC)CCCN(CC)C(=O)N(C)CCC(=O)O. The van der Waals surface area contributed by atoms with E-state index in [1.807, 2.05) is 6.92 Å². The van der Waals surface area contributed by atoms with Gasteiger partial charge in [0.2, 0.25) is 0 Å². The van der Waals surface area contributed by atoms with Crippen LogP contribution in [0.1, 0.15) is 33.6 Å². The Kier molecular flexibility index (Phi) is 9.80. The molecule has 0 fully saturated rings. The molecule has 20 heavy (non-hydrogen) atoms. The number of hydrogen-bond acceptors (Lipinski definition) is 3. The van der Waals surface area contributed by atoms with Crippen molar-refractivity contribution in [2.45, 2.75) is 33.6 Å². The van der Waals surface area contributed by atoms with Gasteiger partial charge in [0, 0.05) is 26.7 Å². The van der Waals surface area contributed by atoms with Gasteiger partial charge in [-0.1, -0.05) is 13.8 Å². The van der Waals surface area contributed by atoms with Gasteiger partial charge < -0.3 is 19.8 Å². The fourth-order valence-corrected chi connectivity index (χ4v) is 2.01. The van der Waals surface area contributed by atoms with E-state index in [-0.39, 0.29) is 19.0 Å². The Morgan fingerprint density at radius 3 is 2.00 bits per heavy atom. The molecule has 0 aromatic carbocycles. The minimum Gasteiger partial charge on any atom is -0.481 e. The van der Waals surface area contributed by atoms with Crippen molar-refractivity contribution < 1.29 is 14.7 Å². The van der Waals surface area contributed by atoms with Crippen LogP contribution in [0.15, 0.2) is 0 Å². The third-order valence-corrected chi connectivity index (χ3v) is 3.44. The van der Waals surface area contributed by atoms with E-state index in [1.54, 1.807) is 11.9 Å². The minimum atomic E-state index is -0.880. The van der Waals surface area contributed by atoms with E-state index >= 15 is 0 Å². The van der Waals surface area contributed by atoms with Crippen molar-refractivity contribution >= 4 is 12.0 Å². The summed E-state index contributed by atoms with van der Waals surface area (Å²) in [6.45, 7) is 10.8. The molecule has 2 amide bonds. The van der Waals surface area contributed by atoms with Crippen LogP contribution in [0.5, 0.6) is 0 Å². The molecule has 0 radical (unpaired) electrons. The van der Waals surface area contributed by atoms with Crippen molar-refractivity contribution in [1.82, 2.24) is 14.7 Å². The summed E-state index contributed by atoms with van der Waals surface area (Å²) in [5.41, 5.74) is 0. The second-order valence-corrected chi connectivity index (χ2v) is 4.81. The zero-order chi connectivity index (χ0) is 15.5. The zero-order valence-corrected chi connectivity index (χ0v) is 13.3. The molecule has 0 spiro atoms. The van der Waals surface area contributed by atoms with Crippen molar-refractivity contribution in [1.29, 1.82) is 0 Å². The molecule has 0 unspecified atom stereocenters. The number of carbonyl (C=O) groups excluding carboxylic acids is 1. The fourth-order valence-electron chi connectivity index (χ4n) is 2.01. The quantitative estimate of drug-likeness (QED) is 0.662. The molecule has 0 rings (SSSR count). The number of carbonyl (C=O) groups is 2. The molecule has 6 heteroatoms. The number of carboxylic acids is 1. The molecule has 1 N–H and O–H groups in total. The fraction of sp³-hybridized carbons (Fsp3) is 0.857. The molecule has 0 aliphatic heterocycles. The van der Waals surface area contributed by atoms with Crippen LogP contribution in [-0.4, -0.2) is 78.1 Å².